The Morgan fingerprint density at radius 2 is 1.76 bits per heavy atom. The molecule has 2 aromatic rings. The molecule has 0 bridgehead atoms. The van der Waals surface area contributed by atoms with Gasteiger partial charge in [-0.1, -0.05) is 50.0 Å². The molecule has 0 aromatic heterocycles. The minimum Gasteiger partial charge on any atom is -0.487 e. The van der Waals surface area contributed by atoms with Crippen LogP contribution >= 0.6 is 23.2 Å². The van der Waals surface area contributed by atoms with Crippen LogP contribution in [-0.4, -0.2) is 30.6 Å². The van der Waals surface area contributed by atoms with E-state index in [0.29, 0.717) is 5.56 Å². The lowest BCUT2D eigenvalue weighted by Crippen LogP contribution is -2.34. The number of hydrogen-bond acceptors (Lipinski definition) is 4. The number of alkyl halides is 2. The summed E-state index contributed by atoms with van der Waals surface area (Å²) in [7, 11) is 0. The standard InChI is InChI=1S/C23H24Cl2F2N2O4/c1-12(30)15-9-14(6-8-17(15)33-11-18(26)27)29-21(31)19-16(24)7-5-13(20(19)25)10-28-22(32)23(2,3)4/h5-9,18H,10-11H2,1-4H3,(H,28,32)(H,29,31). The van der Waals surface area contributed by atoms with Gasteiger partial charge in [-0.05, 0) is 36.8 Å². The number of ketones is 1. The number of hydrogen-bond donors (Lipinski definition) is 2. The molecule has 6 nitrogen and oxygen atoms in total. The minimum atomic E-state index is -2.70. The number of rotatable bonds is 8. The van der Waals surface area contributed by atoms with Crippen LogP contribution in [0, 0.1) is 5.41 Å². The van der Waals surface area contributed by atoms with Crippen LogP contribution in [0.3, 0.4) is 0 Å². The summed E-state index contributed by atoms with van der Waals surface area (Å²) in [5.74, 6) is -1.29. The summed E-state index contributed by atoms with van der Waals surface area (Å²) in [6, 6.07) is 7.13. The highest BCUT2D eigenvalue weighted by Gasteiger charge is 2.23. The fourth-order valence-electron chi connectivity index (χ4n) is 2.74. The predicted octanol–water partition coefficient (Wildman–Crippen LogP) is 5.75. The van der Waals surface area contributed by atoms with Crippen molar-refractivity contribution in [3.63, 3.8) is 0 Å². The average Bonchev–Trinajstić information content (AvgIpc) is 2.71. The molecule has 0 aliphatic rings. The molecule has 178 valence electrons. The highest BCUT2D eigenvalue weighted by Crippen LogP contribution is 2.30. The van der Waals surface area contributed by atoms with Gasteiger partial charge in [0.25, 0.3) is 12.3 Å². The van der Waals surface area contributed by atoms with Crippen LogP contribution in [0.5, 0.6) is 5.75 Å². The lowest BCUT2D eigenvalue weighted by molar-refractivity contribution is -0.128. The highest BCUT2D eigenvalue weighted by molar-refractivity contribution is 6.40. The maximum Gasteiger partial charge on any atom is 0.272 e. The van der Waals surface area contributed by atoms with E-state index in [1.54, 1.807) is 26.8 Å². The summed E-state index contributed by atoms with van der Waals surface area (Å²) in [4.78, 5) is 37.0. The molecule has 0 heterocycles. The molecule has 2 rings (SSSR count). The highest BCUT2D eigenvalue weighted by atomic mass is 35.5. The molecule has 0 saturated carbocycles. The summed E-state index contributed by atoms with van der Waals surface area (Å²) >= 11 is 12.6. The van der Waals surface area contributed by atoms with Gasteiger partial charge in [-0.2, -0.15) is 0 Å². The van der Waals surface area contributed by atoms with Crippen LogP contribution in [0.1, 0.15) is 54.0 Å². The Balaban J connectivity index is 2.26. The minimum absolute atomic E-state index is 0.0109. The molecular weight excluding hydrogens is 477 g/mol. The lowest BCUT2D eigenvalue weighted by Gasteiger charge is -2.19. The largest absolute Gasteiger partial charge is 0.487 e. The van der Waals surface area contributed by atoms with Gasteiger partial charge in [0.1, 0.15) is 12.4 Å². The zero-order valence-corrected chi connectivity index (χ0v) is 20.0. The lowest BCUT2D eigenvalue weighted by atomic mass is 9.95. The quantitative estimate of drug-likeness (QED) is 0.451. The van der Waals surface area contributed by atoms with E-state index in [1.807, 2.05) is 0 Å². The van der Waals surface area contributed by atoms with Gasteiger partial charge in [0.2, 0.25) is 5.91 Å². The number of anilines is 1. The average molecular weight is 501 g/mol. The monoisotopic (exact) mass is 500 g/mol. The van der Waals surface area contributed by atoms with Crippen molar-refractivity contribution < 1.29 is 27.9 Å². The first-order chi connectivity index (χ1) is 15.3. The number of carbonyl (C=O) groups excluding carboxylic acids is 3. The number of amides is 2. The number of halogens is 4. The van der Waals surface area contributed by atoms with E-state index >= 15 is 0 Å². The van der Waals surface area contributed by atoms with E-state index in [0.717, 1.165) is 0 Å². The van der Waals surface area contributed by atoms with E-state index < -0.39 is 30.1 Å². The van der Waals surface area contributed by atoms with Crippen molar-refractivity contribution in [1.29, 1.82) is 0 Å². The third kappa shape index (κ3) is 7.14. The Hall–Kier alpha value is -2.71. The molecule has 2 N–H and O–H groups in total. The van der Waals surface area contributed by atoms with Crippen molar-refractivity contribution >= 4 is 46.5 Å². The van der Waals surface area contributed by atoms with Crippen molar-refractivity contribution in [2.45, 2.75) is 40.7 Å². The predicted molar refractivity (Wildman–Crippen MR) is 124 cm³/mol. The van der Waals surface area contributed by atoms with Crippen LogP contribution in [-0.2, 0) is 11.3 Å². The molecule has 0 unspecified atom stereocenters. The molecule has 0 radical (unpaired) electrons. The topological polar surface area (TPSA) is 84.5 Å². The maximum absolute atomic E-state index is 12.9. The van der Waals surface area contributed by atoms with Crippen LogP contribution in [0.25, 0.3) is 0 Å². The molecule has 0 saturated heterocycles. The Morgan fingerprint density at radius 3 is 2.33 bits per heavy atom. The number of carbonyl (C=O) groups is 3. The number of benzene rings is 2. The zero-order valence-electron chi connectivity index (χ0n) is 18.5. The zero-order chi connectivity index (χ0) is 24.9. The van der Waals surface area contributed by atoms with Gasteiger partial charge >= 0.3 is 0 Å². The van der Waals surface area contributed by atoms with Gasteiger partial charge in [-0.3, -0.25) is 14.4 Å². The maximum atomic E-state index is 12.9. The van der Waals surface area contributed by atoms with Gasteiger partial charge < -0.3 is 15.4 Å². The SMILES string of the molecule is CC(=O)c1cc(NC(=O)c2c(Cl)ccc(CNC(=O)C(C)(C)C)c2Cl)ccc1OCC(F)F. The van der Waals surface area contributed by atoms with E-state index in [9.17, 15) is 23.2 Å². The molecule has 0 fully saturated rings. The summed E-state index contributed by atoms with van der Waals surface area (Å²) in [6.45, 7) is 5.78. The summed E-state index contributed by atoms with van der Waals surface area (Å²) in [6.07, 6.45) is -2.70. The van der Waals surface area contributed by atoms with E-state index in [-0.39, 0.29) is 45.1 Å². The Kier molecular flexibility index (Phi) is 8.80. The number of ether oxygens (including phenoxy) is 1. The van der Waals surface area contributed by atoms with Crippen LogP contribution in [0.15, 0.2) is 30.3 Å². The summed E-state index contributed by atoms with van der Waals surface area (Å²) in [5.41, 5.74) is 0.128. The van der Waals surface area contributed by atoms with Crippen molar-refractivity contribution in [1.82, 2.24) is 5.32 Å². The van der Waals surface area contributed by atoms with Gasteiger partial charge in [0.05, 0.1) is 21.2 Å². The van der Waals surface area contributed by atoms with Crippen molar-refractivity contribution in [2.24, 2.45) is 5.41 Å². The van der Waals surface area contributed by atoms with Gasteiger partial charge in [0.15, 0.2) is 5.78 Å². The fraction of sp³-hybridized carbons (Fsp3) is 0.348. The molecule has 2 aromatic carbocycles. The summed E-state index contributed by atoms with van der Waals surface area (Å²) in [5, 5.41) is 5.51. The van der Waals surface area contributed by atoms with E-state index in [1.165, 1.54) is 31.2 Å². The normalized spacial score (nSPS) is 11.3. The van der Waals surface area contributed by atoms with E-state index in [4.69, 9.17) is 27.9 Å². The van der Waals surface area contributed by atoms with Crippen LogP contribution in [0.2, 0.25) is 10.0 Å². The van der Waals surface area contributed by atoms with E-state index in [2.05, 4.69) is 10.6 Å². The molecule has 0 atom stereocenters. The van der Waals surface area contributed by atoms with Crippen molar-refractivity contribution in [3.05, 3.63) is 57.1 Å². The summed E-state index contributed by atoms with van der Waals surface area (Å²) < 4.78 is 29.9. The smallest absolute Gasteiger partial charge is 0.272 e. The third-order valence-corrected chi connectivity index (χ3v) is 5.25. The number of Topliss-reactive ketones (excluding diaryl/α,β-unsaturated/α-hetero) is 1. The first-order valence-electron chi connectivity index (χ1n) is 9.93. The van der Waals surface area contributed by atoms with Crippen molar-refractivity contribution in [2.75, 3.05) is 11.9 Å². The van der Waals surface area contributed by atoms with Gasteiger partial charge in [-0.25, -0.2) is 8.78 Å². The van der Waals surface area contributed by atoms with Crippen LogP contribution < -0.4 is 15.4 Å². The second-order valence-corrected chi connectivity index (χ2v) is 9.04. The molecule has 0 spiro atoms. The fourth-order valence-corrected chi connectivity index (χ4v) is 3.35. The van der Waals surface area contributed by atoms with Gasteiger partial charge in [0, 0.05) is 17.6 Å². The number of nitrogens with one attached hydrogen (secondary N) is 2. The Morgan fingerprint density at radius 1 is 1.09 bits per heavy atom. The molecular formula is C23H24Cl2F2N2O4. The molecule has 2 amide bonds. The first-order valence-corrected chi connectivity index (χ1v) is 10.7. The van der Waals surface area contributed by atoms with Crippen LogP contribution in [0.4, 0.5) is 14.5 Å². The second kappa shape index (κ2) is 10.9. The second-order valence-electron chi connectivity index (χ2n) is 8.25. The Bertz CT molecular complexity index is 1070. The first kappa shape index (κ1) is 26.5. The third-order valence-electron chi connectivity index (χ3n) is 4.50. The molecule has 10 heteroatoms. The molecule has 33 heavy (non-hydrogen) atoms. The molecule has 0 aliphatic heterocycles. The van der Waals surface area contributed by atoms with Gasteiger partial charge in [-0.15, -0.1) is 0 Å². The van der Waals surface area contributed by atoms with Crippen molar-refractivity contribution in [3.8, 4) is 5.75 Å². The Labute approximate surface area is 200 Å². The molecule has 0 aliphatic carbocycles.